The number of aliphatic hydroxyl groups is 1. The van der Waals surface area contributed by atoms with Gasteiger partial charge in [0.25, 0.3) is 0 Å². The molecule has 35 heavy (non-hydrogen) atoms. The van der Waals surface area contributed by atoms with E-state index in [1.165, 1.54) is 0 Å². The Morgan fingerprint density at radius 2 is 1.77 bits per heavy atom. The normalized spacial score (nSPS) is 26.1. The van der Waals surface area contributed by atoms with Gasteiger partial charge < -0.3 is 27.2 Å². The Bertz CT molecular complexity index is 615. The fourth-order valence-corrected chi connectivity index (χ4v) is 18.1. The van der Waals surface area contributed by atoms with Gasteiger partial charge in [-0.2, -0.15) is 12.6 Å². The van der Waals surface area contributed by atoms with Crippen LogP contribution in [0.5, 0.6) is 0 Å². The van der Waals surface area contributed by atoms with Crippen molar-refractivity contribution in [1.29, 1.82) is 0 Å². The van der Waals surface area contributed by atoms with E-state index in [2.05, 4.69) is 39.9 Å². The molecule has 1 heterocycles. The summed E-state index contributed by atoms with van der Waals surface area (Å²) in [6.07, 6.45) is 1.90. The first-order valence-electron chi connectivity index (χ1n) is 12.5. The molecule has 6 nitrogen and oxygen atoms in total. The zero-order valence-corrected chi connectivity index (χ0v) is 29.1. The highest BCUT2D eigenvalue weighted by Crippen LogP contribution is 2.73. The van der Waals surface area contributed by atoms with Gasteiger partial charge in [-0.25, -0.2) is 0 Å². The quantitative estimate of drug-likeness (QED) is 0.0611. The molecule has 0 saturated carbocycles. The molecule has 0 aromatic heterocycles. The van der Waals surface area contributed by atoms with Crippen LogP contribution < -0.4 is 0 Å². The van der Waals surface area contributed by atoms with E-state index in [1.807, 2.05) is 6.92 Å². The van der Waals surface area contributed by atoms with Crippen LogP contribution in [0.2, 0.25) is 18.6 Å². The van der Waals surface area contributed by atoms with Crippen LogP contribution in [-0.4, -0.2) is 79.4 Å². The van der Waals surface area contributed by atoms with Gasteiger partial charge >= 0.3 is 17.4 Å². The van der Waals surface area contributed by atoms with Crippen molar-refractivity contribution in [1.82, 2.24) is 0 Å². The predicted octanol–water partition coefficient (Wildman–Crippen LogP) is 6.35. The summed E-state index contributed by atoms with van der Waals surface area (Å²) in [4.78, 5) is 0. The summed E-state index contributed by atoms with van der Waals surface area (Å²) >= 11 is 18.3. The lowest BCUT2D eigenvalue weighted by molar-refractivity contribution is -0.0135. The van der Waals surface area contributed by atoms with Gasteiger partial charge in [0.15, 0.2) is 0 Å². The molecular formula is C21H47O6PS5Si2. The molecular weight excluding hydrogens is 596 g/mol. The SMILES string of the molecule is CCSP(=S)(S)SCCC[Si](C)(OCC(C)CO)OCC(C)CO[Si]1(CCCS)OCC(C)CO1. The van der Waals surface area contributed by atoms with Gasteiger partial charge in [0, 0.05) is 63.4 Å². The number of hydrogen-bond acceptors (Lipinski definition) is 10. The Balaban J connectivity index is 2.60. The minimum atomic E-state index is -2.64. The third-order valence-electron chi connectivity index (χ3n) is 5.38. The summed E-state index contributed by atoms with van der Waals surface area (Å²) in [6, 6.07) is 1.69. The molecule has 1 fully saturated rings. The summed E-state index contributed by atoms with van der Waals surface area (Å²) < 4.78 is 29.7. The third-order valence-corrected chi connectivity index (χ3v) is 21.8. The minimum Gasteiger partial charge on any atom is -0.396 e. The summed E-state index contributed by atoms with van der Waals surface area (Å²) in [5, 5.41) is 9.43. The van der Waals surface area contributed by atoms with Crippen molar-refractivity contribution >= 4 is 80.5 Å². The van der Waals surface area contributed by atoms with Gasteiger partial charge in [0.1, 0.15) is 3.64 Å². The molecule has 4 unspecified atom stereocenters. The summed E-state index contributed by atoms with van der Waals surface area (Å²) in [6.45, 7) is 13.6. The van der Waals surface area contributed by atoms with E-state index >= 15 is 0 Å². The van der Waals surface area contributed by atoms with Crippen molar-refractivity contribution in [3.05, 3.63) is 0 Å². The molecule has 0 spiro atoms. The molecule has 210 valence electrons. The Morgan fingerprint density at radius 3 is 2.34 bits per heavy atom. The zero-order chi connectivity index (χ0) is 26.4. The number of rotatable bonds is 20. The van der Waals surface area contributed by atoms with Gasteiger partial charge in [-0.05, 0) is 42.7 Å². The summed E-state index contributed by atoms with van der Waals surface area (Å²) in [5.74, 6) is 3.43. The van der Waals surface area contributed by atoms with Gasteiger partial charge in [-0.3, -0.25) is 0 Å². The van der Waals surface area contributed by atoms with Crippen molar-refractivity contribution in [3.8, 4) is 0 Å². The van der Waals surface area contributed by atoms with E-state index in [1.54, 1.807) is 22.8 Å². The summed E-state index contributed by atoms with van der Waals surface area (Å²) in [5.41, 5.74) is 0. The number of thiol groups is 2. The lowest BCUT2D eigenvalue weighted by Gasteiger charge is -2.36. The van der Waals surface area contributed by atoms with Crippen LogP contribution in [0.3, 0.4) is 0 Å². The van der Waals surface area contributed by atoms with Crippen molar-refractivity contribution in [2.45, 2.75) is 59.2 Å². The van der Waals surface area contributed by atoms with E-state index in [-0.39, 0.29) is 18.4 Å². The fraction of sp³-hybridized carbons (Fsp3) is 1.00. The lowest BCUT2D eigenvalue weighted by Crippen LogP contribution is -2.52. The van der Waals surface area contributed by atoms with Crippen molar-refractivity contribution in [3.63, 3.8) is 0 Å². The first-order valence-corrected chi connectivity index (χ1v) is 24.7. The Labute approximate surface area is 240 Å². The Kier molecular flexibility index (Phi) is 18.7. The molecule has 0 aliphatic carbocycles. The van der Waals surface area contributed by atoms with Crippen LogP contribution in [0.1, 0.15) is 40.5 Å². The first kappa shape index (κ1) is 35.3. The molecule has 1 rings (SSSR count). The van der Waals surface area contributed by atoms with Crippen molar-refractivity contribution in [2.24, 2.45) is 17.8 Å². The van der Waals surface area contributed by atoms with Crippen LogP contribution in [0.15, 0.2) is 0 Å². The van der Waals surface area contributed by atoms with Crippen molar-refractivity contribution < 1.29 is 27.2 Å². The lowest BCUT2D eigenvalue weighted by atomic mass is 10.2. The summed E-state index contributed by atoms with van der Waals surface area (Å²) in [7, 11) is -5.06. The van der Waals surface area contributed by atoms with Crippen LogP contribution in [-0.2, 0) is 33.9 Å². The van der Waals surface area contributed by atoms with Crippen LogP contribution in [0.25, 0.3) is 0 Å². The van der Waals surface area contributed by atoms with Gasteiger partial charge in [0.2, 0.25) is 0 Å². The first-order chi connectivity index (χ1) is 16.5. The van der Waals surface area contributed by atoms with Crippen LogP contribution in [0.4, 0.5) is 0 Å². The molecule has 1 N–H and O–H groups in total. The third kappa shape index (κ3) is 15.6. The standard InChI is InChI=1S/C21H47O6PS5Si2/c1-6-32-28(30,31)33-10-8-11-34(5,23-14-19(2)13-22)24-15-20(3)16-25-35(12-7-9-29)26-17-21(4)18-27-35/h19-22,29H,6-18H2,1-5H3,(H,30,31). The average molecular weight is 643 g/mol. The largest absolute Gasteiger partial charge is 0.501 e. The zero-order valence-electron chi connectivity index (χ0n) is 22.0. The molecule has 0 aromatic rings. The molecule has 1 saturated heterocycles. The second kappa shape index (κ2) is 18.6. The van der Waals surface area contributed by atoms with Gasteiger partial charge in [0.05, 0.1) is 0 Å². The molecule has 14 heteroatoms. The van der Waals surface area contributed by atoms with Gasteiger partial charge in [-0.15, -0.1) is 35.0 Å². The Hall–Kier alpha value is 2.24. The maximum absolute atomic E-state index is 9.43. The fourth-order valence-electron chi connectivity index (χ4n) is 3.19. The highest BCUT2D eigenvalue weighted by molar-refractivity contribution is 9.20. The molecule has 0 aromatic carbocycles. The second-order valence-electron chi connectivity index (χ2n) is 9.52. The topological polar surface area (TPSA) is 66.4 Å². The minimum absolute atomic E-state index is 0.0888. The average Bonchev–Trinajstić information content (AvgIpc) is 2.83. The van der Waals surface area contributed by atoms with E-state index < -0.39 is 21.0 Å². The van der Waals surface area contributed by atoms with E-state index in [0.717, 1.165) is 42.2 Å². The highest BCUT2D eigenvalue weighted by atomic mass is 33.5. The molecule has 0 radical (unpaired) electrons. The Morgan fingerprint density at radius 1 is 1.14 bits per heavy atom. The maximum atomic E-state index is 9.43. The van der Waals surface area contributed by atoms with E-state index in [9.17, 15) is 5.11 Å². The second-order valence-corrected chi connectivity index (χ2v) is 31.3. The number of hydrogen-bond donors (Lipinski definition) is 3. The molecule has 1 aliphatic rings. The van der Waals surface area contributed by atoms with E-state index in [0.29, 0.717) is 39.0 Å². The molecule has 0 amide bonds. The van der Waals surface area contributed by atoms with E-state index in [4.69, 9.17) is 46.2 Å². The molecule has 4 atom stereocenters. The molecule has 1 aliphatic heterocycles. The smallest absolute Gasteiger partial charge is 0.396 e. The van der Waals surface area contributed by atoms with Crippen molar-refractivity contribution in [2.75, 3.05) is 56.9 Å². The highest BCUT2D eigenvalue weighted by Gasteiger charge is 2.44. The maximum Gasteiger partial charge on any atom is 0.501 e. The van der Waals surface area contributed by atoms with Crippen LogP contribution in [0, 0.1) is 17.8 Å². The van der Waals surface area contributed by atoms with Gasteiger partial charge in [-0.1, -0.05) is 39.5 Å². The number of aliphatic hydroxyl groups excluding tert-OH is 1. The van der Waals surface area contributed by atoms with Crippen LogP contribution >= 0.6 is 51.3 Å². The predicted molar refractivity (Wildman–Crippen MR) is 168 cm³/mol. The monoisotopic (exact) mass is 642 g/mol. The molecule has 0 bridgehead atoms.